The van der Waals surface area contributed by atoms with Gasteiger partial charge in [-0.25, -0.2) is 0 Å². The molecule has 0 radical (unpaired) electrons. The van der Waals surface area contributed by atoms with E-state index in [0.29, 0.717) is 11.3 Å². The molecule has 2 aromatic carbocycles. The minimum absolute atomic E-state index is 0.0931. The first-order valence-corrected chi connectivity index (χ1v) is 18.0. The monoisotopic (exact) mass is 1040 g/mol. The smallest absolute Gasteiger partial charge is 0.317 e. The topological polar surface area (TPSA) is 226 Å². The van der Waals surface area contributed by atoms with Crippen LogP contribution in [-0.2, 0) is 41.8 Å². The Morgan fingerprint density at radius 2 is 1.20 bits per heavy atom. The lowest BCUT2D eigenvalue weighted by Crippen LogP contribution is -2.51. The summed E-state index contributed by atoms with van der Waals surface area (Å²) < 4.78 is 8.81. The molecule has 2 rings (SSSR count). The van der Waals surface area contributed by atoms with Crippen molar-refractivity contribution in [2.45, 2.75) is 26.0 Å². The first-order valence-electron chi connectivity index (χ1n) is 14.8. The van der Waals surface area contributed by atoms with Crippen LogP contribution in [0.2, 0.25) is 0 Å². The highest BCUT2D eigenvalue weighted by atomic mass is 127. The Morgan fingerprint density at radius 3 is 1.68 bits per heavy atom. The highest BCUT2D eigenvalue weighted by Crippen LogP contribution is 2.34. The van der Waals surface area contributed by atoms with Crippen LogP contribution in [0.5, 0.6) is 5.75 Å². The number of hydrogen-bond donors (Lipinski definition) is 5. The summed E-state index contributed by atoms with van der Waals surface area (Å²) in [5.41, 5.74) is 2.33. The number of rotatable bonds is 22. The second-order valence-electron chi connectivity index (χ2n) is 11.2. The molecule has 0 heterocycles. The highest BCUT2D eigenvalue weighted by Gasteiger charge is 2.27. The van der Waals surface area contributed by atoms with Crippen molar-refractivity contribution in [1.29, 1.82) is 0 Å². The van der Waals surface area contributed by atoms with Crippen molar-refractivity contribution in [3.8, 4) is 5.75 Å². The molecule has 5 N–H and O–H groups in total. The van der Waals surface area contributed by atoms with E-state index < -0.39 is 68.6 Å². The maximum absolute atomic E-state index is 12.1. The minimum Gasteiger partial charge on any atom is -0.489 e. The number of ether oxygens (including phenoxy) is 1. The largest absolute Gasteiger partial charge is 0.489 e. The molecule has 0 aliphatic heterocycles. The van der Waals surface area contributed by atoms with Crippen LogP contribution in [0.3, 0.4) is 0 Å². The molecule has 1 unspecified atom stereocenters. The number of amides is 1. The van der Waals surface area contributed by atoms with Gasteiger partial charge in [0.25, 0.3) is 0 Å². The predicted molar refractivity (Wildman–Crippen MR) is 205 cm³/mol. The summed E-state index contributed by atoms with van der Waals surface area (Å²) >= 11 is 6.59. The van der Waals surface area contributed by atoms with Gasteiger partial charge in [0.1, 0.15) is 12.4 Å². The lowest BCUT2D eigenvalue weighted by molar-refractivity contribution is -0.144. The average molecular weight is 1040 g/mol. The lowest BCUT2D eigenvalue weighted by Gasteiger charge is -2.34. The molecule has 274 valence electrons. The molecule has 0 fully saturated rings. The first kappa shape index (κ1) is 43.3. The van der Waals surface area contributed by atoms with Crippen LogP contribution >= 0.6 is 67.8 Å². The molecule has 0 spiro atoms. The van der Waals surface area contributed by atoms with Gasteiger partial charge in [-0.3, -0.25) is 43.5 Å². The number of carbonyl (C=O) groups is 6. The van der Waals surface area contributed by atoms with Gasteiger partial charge < -0.3 is 35.2 Å². The molecule has 50 heavy (non-hydrogen) atoms. The summed E-state index contributed by atoms with van der Waals surface area (Å²) in [6.45, 7) is -1.74. The number of carbonyl (C=O) groups excluding carboxylic acids is 1. The fraction of sp³-hybridized carbons (Fsp3) is 0.419. The Balaban J connectivity index is 2.34. The van der Waals surface area contributed by atoms with E-state index in [1.54, 1.807) is 36.2 Å². The van der Waals surface area contributed by atoms with E-state index in [1.165, 1.54) is 16.7 Å². The lowest BCUT2D eigenvalue weighted by atomic mass is 10.0. The Labute approximate surface area is 328 Å². The molecule has 19 heteroatoms. The second kappa shape index (κ2) is 20.8. The van der Waals surface area contributed by atoms with Crippen LogP contribution in [0.1, 0.15) is 18.1 Å². The second-order valence-corrected chi connectivity index (χ2v) is 14.6. The van der Waals surface area contributed by atoms with Gasteiger partial charge >= 0.3 is 29.8 Å². The molecule has 0 saturated heterocycles. The molecule has 2 aromatic rings. The number of benzene rings is 2. The summed E-state index contributed by atoms with van der Waals surface area (Å²) in [7, 11) is 1.70. The zero-order valence-corrected chi connectivity index (χ0v) is 33.5. The third-order valence-corrected chi connectivity index (χ3v) is 10.2. The van der Waals surface area contributed by atoms with Crippen LogP contribution in [0.25, 0.3) is 0 Å². The van der Waals surface area contributed by atoms with Crippen LogP contribution in [0.15, 0.2) is 30.3 Å². The summed E-state index contributed by atoms with van der Waals surface area (Å²) in [5, 5.41) is 47.0. The number of anilines is 1. The molecule has 1 amide bonds. The normalized spacial score (nSPS) is 11.8. The Hall–Kier alpha value is -2.87. The quantitative estimate of drug-likeness (QED) is 0.107. The van der Waals surface area contributed by atoms with Gasteiger partial charge in [-0.2, -0.15) is 0 Å². The van der Waals surface area contributed by atoms with E-state index in [0.717, 1.165) is 26.9 Å². The van der Waals surface area contributed by atoms with Gasteiger partial charge in [0.15, 0.2) is 0 Å². The van der Waals surface area contributed by atoms with Crippen molar-refractivity contribution in [2.75, 3.05) is 64.3 Å². The van der Waals surface area contributed by atoms with Crippen molar-refractivity contribution in [2.24, 2.45) is 0 Å². The molecule has 0 bridgehead atoms. The summed E-state index contributed by atoms with van der Waals surface area (Å²) in [6, 6.07) is 7.99. The Morgan fingerprint density at radius 1 is 0.720 bits per heavy atom. The molecule has 0 aromatic heterocycles. The molecule has 1 atom stereocenters. The molecule has 0 saturated carbocycles. The summed E-state index contributed by atoms with van der Waals surface area (Å²) in [5.74, 6) is -5.99. The van der Waals surface area contributed by atoms with Gasteiger partial charge in [0.05, 0.1) is 38.4 Å². The standard InChI is InChI=1S/C31H37I3N4O12/c1-18(39)35(2)31-24(33)10-23(32)22(30(31)34)17-50-21-5-3-19(4-6-21)9-20(38(15-28(46)47)16-29(48)49)11-36(12-25(40)41)7-8-37(13-26(42)43)14-27(44)45/h3-6,10,20H,7-9,11-17H2,1-2H3,(H,40,41)(H,42,43)(H,44,45)(H,46,47)(H,48,49). The van der Waals surface area contributed by atoms with Gasteiger partial charge in [0, 0.05) is 55.9 Å². The first-order chi connectivity index (χ1) is 23.4. The van der Waals surface area contributed by atoms with E-state index in [4.69, 9.17) is 14.9 Å². The number of aliphatic carboxylic acids is 5. The Bertz CT molecular complexity index is 1530. The molecule has 16 nitrogen and oxygen atoms in total. The van der Waals surface area contributed by atoms with Gasteiger partial charge in [-0.15, -0.1) is 0 Å². The van der Waals surface area contributed by atoms with Crippen molar-refractivity contribution in [1.82, 2.24) is 14.7 Å². The highest BCUT2D eigenvalue weighted by molar-refractivity contribution is 14.1. The van der Waals surface area contributed by atoms with Crippen molar-refractivity contribution in [3.63, 3.8) is 0 Å². The molecule has 0 aliphatic rings. The third kappa shape index (κ3) is 14.8. The zero-order valence-electron chi connectivity index (χ0n) is 27.1. The predicted octanol–water partition coefficient (Wildman–Crippen LogP) is 2.30. The van der Waals surface area contributed by atoms with E-state index in [2.05, 4.69) is 67.8 Å². The maximum Gasteiger partial charge on any atom is 0.317 e. The summed E-state index contributed by atoms with van der Waals surface area (Å²) in [4.78, 5) is 75.0. The number of nitrogens with zero attached hydrogens (tertiary/aromatic N) is 4. The SMILES string of the molecule is CC(=O)N(C)c1c(I)cc(I)c(COc2ccc(CC(CN(CCN(CC(=O)O)CC(=O)O)CC(=O)O)N(CC(=O)O)CC(=O)O)cc2)c1I. The number of carboxylic acids is 5. The van der Waals surface area contributed by atoms with E-state index in [1.807, 2.05) is 6.07 Å². The Kier molecular flexibility index (Phi) is 18.1. The van der Waals surface area contributed by atoms with Crippen LogP contribution in [-0.4, -0.2) is 141 Å². The fourth-order valence-electron chi connectivity index (χ4n) is 4.94. The van der Waals surface area contributed by atoms with Crippen molar-refractivity contribution >= 4 is 109 Å². The zero-order chi connectivity index (χ0) is 37.7. The fourth-order valence-corrected chi connectivity index (χ4v) is 9.35. The number of halogens is 3. The molecular weight excluding hydrogens is 1000 g/mol. The van der Waals surface area contributed by atoms with Gasteiger partial charge in [-0.1, -0.05) is 12.1 Å². The maximum atomic E-state index is 12.1. The number of hydrogen-bond acceptors (Lipinski definition) is 10. The van der Waals surface area contributed by atoms with Gasteiger partial charge in [-0.05, 0) is 98.0 Å². The van der Waals surface area contributed by atoms with Crippen LogP contribution in [0, 0.1) is 10.7 Å². The number of carboxylic acid groups (broad SMARTS) is 5. The minimum atomic E-state index is -1.30. The van der Waals surface area contributed by atoms with Crippen LogP contribution < -0.4 is 9.64 Å². The van der Waals surface area contributed by atoms with E-state index >= 15 is 0 Å². The van der Waals surface area contributed by atoms with E-state index in [-0.39, 0.29) is 38.6 Å². The van der Waals surface area contributed by atoms with Gasteiger partial charge in [0.2, 0.25) is 5.91 Å². The van der Waals surface area contributed by atoms with Crippen molar-refractivity contribution < 1.29 is 59.0 Å². The third-order valence-electron chi connectivity index (χ3n) is 7.30. The van der Waals surface area contributed by atoms with Crippen LogP contribution in [0.4, 0.5) is 5.69 Å². The van der Waals surface area contributed by atoms with E-state index in [9.17, 15) is 44.1 Å². The average Bonchev–Trinajstić information content (AvgIpc) is 2.98. The molecule has 0 aliphatic carbocycles. The molecular formula is C31H37I3N4O12. The summed E-state index contributed by atoms with van der Waals surface area (Å²) in [6.07, 6.45) is 0.110. The van der Waals surface area contributed by atoms with Crippen molar-refractivity contribution in [3.05, 3.63) is 52.2 Å².